The fourth-order valence-electron chi connectivity index (χ4n) is 3.09. The van der Waals surface area contributed by atoms with Crippen LogP contribution in [0, 0.1) is 6.92 Å². The Morgan fingerprint density at radius 1 is 1.09 bits per heavy atom. The first-order valence-electron chi connectivity index (χ1n) is 10.1. The molecule has 0 radical (unpaired) electrons. The number of benzene rings is 1. The Morgan fingerprint density at radius 2 is 1.88 bits per heavy atom. The SMILES string of the molecule is Cc1cc(C(F)(F)F)nn1CCCNC(=O)c1ccn(Cn2nnc(-c3ccccc3)n2)n1. The molecule has 1 N–H and O–H groups in total. The van der Waals surface area contributed by atoms with Crippen molar-refractivity contribution in [1.29, 1.82) is 0 Å². The number of halogens is 3. The Labute approximate surface area is 186 Å². The van der Waals surface area contributed by atoms with Gasteiger partial charge < -0.3 is 5.32 Å². The Kier molecular flexibility index (Phi) is 6.20. The zero-order chi connectivity index (χ0) is 23.4. The van der Waals surface area contributed by atoms with E-state index in [0.717, 1.165) is 11.6 Å². The van der Waals surface area contributed by atoms with Gasteiger partial charge in [-0.3, -0.25) is 9.48 Å². The summed E-state index contributed by atoms with van der Waals surface area (Å²) in [4.78, 5) is 13.7. The fraction of sp³-hybridized carbons (Fsp3) is 0.300. The number of carbonyl (C=O) groups excluding carboxylic acids is 1. The zero-order valence-corrected chi connectivity index (χ0v) is 17.6. The number of hydrogen-bond donors (Lipinski definition) is 1. The Balaban J connectivity index is 1.26. The lowest BCUT2D eigenvalue weighted by atomic mass is 10.2. The third kappa shape index (κ3) is 5.42. The summed E-state index contributed by atoms with van der Waals surface area (Å²) in [5.74, 6) is 0.0916. The molecular weight excluding hydrogens is 439 g/mol. The van der Waals surface area contributed by atoms with Crippen LogP contribution in [0.25, 0.3) is 11.4 Å². The van der Waals surface area contributed by atoms with E-state index in [1.165, 1.54) is 14.2 Å². The molecule has 0 aliphatic heterocycles. The maximum absolute atomic E-state index is 12.7. The Bertz CT molecular complexity index is 1230. The van der Waals surface area contributed by atoms with Gasteiger partial charge in [0.05, 0.1) is 0 Å². The van der Waals surface area contributed by atoms with Crippen molar-refractivity contribution in [2.24, 2.45) is 0 Å². The standard InChI is InChI=1S/C20H20F3N9O/c1-14-12-17(20(21,22)23)27-31(14)10-5-9-24-19(33)16-8-11-30(26-16)13-32-28-18(25-29-32)15-6-3-2-4-7-15/h2-4,6-8,11-12H,5,9-10,13H2,1H3,(H,24,33). The van der Waals surface area contributed by atoms with Crippen LogP contribution in [0.5, 0.6) is 0 Å². The van der Waals surface area contributed by atoms with Crippen LogP contribution < -0.4 is 5.32 Å². The smallest absolute Gasteiger partial charge is 0.351 e. The van der Waals surface area contributed by atoms with Crippen molar-refractivity contribution in [1.82, 2.24) is 45.1 Å². The second kappa shape index (κ2) is 9.22. The van der Waals surface area contributed by atoms with E-state index < -0.39 is 17.8 Å². The summed E-state index contributed by atoms with van der Waals surface area (Å²) >= 11 is 0. The quantitative estimate of drug-likeness (QED) is 0.406. The third-order valence-electron chi connectivity index (χ3n) is 4.73. The van der Waals surface area contributed by atoms with Gasteiger partial charge in [-0.1, -0.05) is 30.3 Å². The molecule has 13 heteroatoms. The van der Waals surface area contributed by atoms with Crippen LogP contribution in [0.15, 0.2) is 48.7 Å². The zero-order valence-electron chi connectivity index (χ0n) is 17.6. The number of carbonyl (C=O) groups is 1. The van der Waals surface area contributed by atoms with Gasteiger partial charge in [-0.2, -0.15) is 23.4 Å². The van der Waals surface area contributed by atoms with Crippen LogP contribution in [0.4, 0.5) is 13.2 Å². The monoisotopic (exact) mass is 459 g/mol. The van der Waals surface area contributed by atoms with E-state index in [1.54, 1.807) is 19.2 Å². The summed E-state index contributed by atoms with van der Waals surface area (Å²) in [7, 11) is 0. The van der Waals surface area contributed by atoms with Crippen LogP contribution in [0.1, 0.15) is 28.3 Å². The molecule has 172 valence electrons. The summed E-state index contributed by atoms with van der Waals surface area (Å²) in [6.45, 7) is 2.24. The molecule has 0 saturated carbocycles. The van der Waals surface area contributed by atoms with E-state index in [0.29, 0.717) is 17.9 Å². The van der Waals surface area contributed by atoms with Crippen LogP contribution in [0.3, 0.4) is 0 Å². The van der Waals surface area contributed by atoms with Gasteiger partial charge in [0.2, 0.25) is 5.82 Å². The lowest BCUT2D eigenvalue weighted by Crippen LogP contribution is -2.26. The van der Waals surface area contributed by atoms with Crippen LogP contribution in [-0.4, -0.2) is 52.2 Å². The molecule has 0 aliphatic carbocycles. The van der Waals surface area contributed by atoms with Gasteiger partial charge >= 0.3 is 6.18 Å². The van der Waals surface area contributed by atoms with Gasteiger partial charge in [-0.15, -0.1) is 15.0 Å². The average molecular weight is 459 g/mol. The summed E-state index contributed by atoms with van der Waals surface area (Å²) in [6, 6.07) is 12.0. The predicted octanol–water partition coefficient (Wildman–Crippen LogP) is 2.39. The third-order valence-corrected chi connectivity index (χ3v) is 4.73. The number of rotatable bonds is 8. The molecule has 1 aromatic carbocycles. The molecule has 0 saturated heterocycles. The van der Waals surface area contributed by atoms with Gasteiger partial charge in [-0.25, -0.2) is 4.68 Å². The van der Waals surface area contributed by atoms with Crippen LogP contribution >= 0.6 is 0 Å². The van der Waals surface area contributed by atoms with E-state index in [9.17, 15) is 18.0 Å². The molecule has 0 unspecified atom stereocenters. The molecule has 4 aromatic rings. The first-order chi connectivity index (χ1) is 15.8. The highest BCUT2D eigenvalue weighted by molar-refractivity contribution is 5.92. The second-order valence-corrected chi connectivity index (χ2v) is 7.23. The summed E-state index contributed by atoms with van der Waals surface area (Å²) in [6.07, 6.45) is -2.45. The van der Waals surface area contributed by atoms with Crippen molar-refractivity contribution in [3.63, 3.8) is 0 Å². The largest absolute Gasteiger partial charge is 0.435 e. The number of amides is 1. The highest BCUT2D eigenvalue weighted by Crippen LogP contribution is 2.28. The van der Waals surface area contributed by atoms with Gasteiger partial charge in [0.25, 0.3) is 5.91 Å². The van der Waals surface area contributed by atoms with Gasteiger partial charge in [0.15, 0.2) is 12.4 Å². The lowest BCUT2D eigenvalue weighted by Gasteiger charge is -2.06. The van der Waals surface area contributed by atoms with Gasteiger partial charge in [0.1, 0.15) is 5.69 Å². The van der Waals surface area contributed by atoms with E-state index in [2.05, 4.69) is 30.9 Å². The second-order valence-electron chi connectivity index (χ2n) is 7.23. The van der Waals surface area contributed by atoms with E-state index >= 15 is 0 Å². The van der Waals surface area contributed by atoms with Crippen molar-refractivity contribution in [3.05, 3.63) is 65.7 Å². The number of nitrogens with one attached hydrogen (secondary N) is 1. The highest BCUT2D eigenvalue weighted by Gasteiger charge is 2.34. The van der Waals surface area contributed by atoms with E-state index in [1.807, 2.05) is 30.3 Å². The number of nitrogens with zero attached hydrogens (tertiary/aromatic N) is 8. The Hall–Kier alpha value is -4.03. The summed E-state index contributed by atoms with van der Waals surface area (Å²) in [5, 5.41) is 22.8. The molecular formula is C20H20F3N9O. The molecule has 4 rings (SSSR count). The number of alkyl halides is 3. The summed E-state index contributed by atoms with van der Waals surface area (Å²) < 4.78 is 41.0. The number of aromatic nitrogens is 8. The van der Waals surface area contributed by atoms with Crippen molar-refractivity contribution >= 4 is 5.91 Å². The van der Waals surface area contributed by atoms with Gasteiger partial charge in [0, 0.05) is 30.5 Å². The number of tetrazole rings is 1. The van der Waals surface area contributed by atoms with Crippen molar-refractivity contribution in [2.45, 2.75) is 32.7 Å². The van der Waals surface area contributed by atoms with E-state index in [-0.39, 0.29) is 25.5 Å². The van der Waals surface area contributed by atoms with Crippen molar-refractivity contribution in [3.8, 4) is 11.4 Å². The average Bonchev–Trinajstić information content (AvgIpc) is 3.52. The minimum Gasteiger partial charge on any atom is -0.351 e. The molecule has 1 amide bonds. The first kappa shape index (κ1) is 22.2. The lowest BCUT2D eigenvalue weighted by molar-refractivity contribution is -0.141. The van der Waals surface area contributed by atoms with Crippen molar-refractivity contribution < 1.29 is 18.0 Å². The molecule has 33 heavy (non-hydrogen) atoms. The Morgan fingerprint density at radius 3 is 2.61 bits per heavy atom. The van der Waals surface area contributed by atoms with E-state index in [4.69, 9.17) is 0 Å². The molecule has 10 nitrogen and oxygen atoms in total. The number of hydrogen-bond acceptors (Lipinski definition) is 6. The number of aryl methyl sites for hydroxylation is 2. The van der Waals surface area contributed by atoms with Crippen LogP contribution in [-0.2, 0) is 19.4 Å². The molecule has 0 aliphatic rings. The maximum Gasteiger partial charge on any atom is 0.435 e. The van der Waals surface area contributed by atoms with Crippen LogP contribution in [0.2, 0.25) is 0 Å². The van der Waals surface area contributed by atoms with Crippen molar-refractivity contribution in [2.75, 3.05) is 6.54 Å². The molecule has 3 heterocycles. The summed E-state index contributed by atoms with van der Waals surface area (Å²) in [5.41, 5.74) is 0.522. The normalized spacial score (nSPS) is 11.6. The minimum atomic E-state index is -4.48. The topological polar surface area (TPSA) is 108 Å². The molecule has 0 atom stereocenters. The molecule has 0 fully saturated rings. The first-order valence-corrected chi connectivity index (χ1v) is 10.1. The fourth-order valence-corrected chi connectivity index (χ4v) is 3.09. The van der Waals surface area contributed by atoms with Gasteiger partial charge in [-0.05, 0) is 30.7 Å². The molecule has 0 spiro atoms. The minimum absolute atomic E-state index is 0.174. The predicted molar refractivity (Wildman–Crippen MR) is 110 cm³/mol. The molecule has 3 aromatic heterocycles. The maximum atomic E-state index is 12.7. The molecule has 0 bridgehead atoms. The highest BCUT2D eigenvalue weighted by atomic mass is 19.4.